The van der Waals surface area contributed by atoms with E-state index in [1.54, 1.807) is 0 Å². The second-order valence-electron chi connectivity index (χ2n) is 3.50. The number of hydrogen-bond acceptors (Lipinski definition) is 2. The van der Waals surface area contributed by atoms with Crippen molar-refractivity contribution in [2.24, 2.45) is 11.7 Å². The first-order valence-electron chi connectivity index (χ1n) is 4.34. The summed E-state index contributed by atoms with van der Waals surface area (Å²) >= 11 is 0. The summed E-state index contributed by atoms with van der Waals surface area (Å²) in [5, 5.41) is 3.23. The summed E-state index contributed by atoms with van der Waals surface area (Å²) in [7, 11) is 0. The third kappa shape index (κ3) is 2.95. The van der Waals surface area contributed by atoms with Gasteiger partial charge < -0.3 is 11.1 Å². The zero-order valence-corrected chi connectivity index (χ0v) is 7.63. The maximum Gasteiger partial charge on any atom is 0.243 e. The summed E-state index contributed by atoms with van der Waals surface area (Å²) in [6, 6.07) is 0.473. The minimum atomic E-state index is -0.386. The van der Waals surface area contributed by atoms with E-state index in [-0.39, 0.29) is 5.91 Å². The molecule has 0 aliphatic heterocycles. The zero-order chi connectivity index (χ0) is 9.14. The molecule has 1 aliphatic carbocycles. The molecule has 1 rings (SSSR count). The summed E-state index contributed by atoms with van der Waals surface area (Å²) in [6.45, 7) is 4.00. The first-order chi connectivity index (χ1) is 5.59. The monoisotopic (exact) mass is 168 g/mol. The van der Waals surface area contributed by atoms with E-state index in [0.29, 0.717) is 6.04 Å². The lowest BCUT2D eigenvalue weighted by molar-refractivity contribution is -0.113. The molecule has 0 saturated heterocycles. The fraction of sp³-hybridized carbons (Fsp3) is 0.667. The lowest BCUT2D eigenvalue weighted by Gasteiger charge is -2.13. The minimum absolute atomic E-state index is 0.386. The van der Waals surface area contributed by atoms with Crippen LogP contribution in [-0.4, -0.2) is 11.9 Å². The Balaban J connectivity index is 2.33. The number of hydrogen-bond donors (Lipinski definition) is 2. The molecule has 0 heterocycles. The molecule has 1 unspecified atom stereocenters. The number of nitrogens with one attached hydrogen (secondary N) is 1. The predicted octanol–water partition coefficient (Wildman–Crippen LogP) is 0.764. The number of allylic oxidation sites excluding steroid dienone is 1. The minimum Gasteiger partial charge on any atom is -0.386 e. The van der Waals surface area contributed by atoms with Crippen LogP contribution in [0, 0.1) is 5.92 Å². The number of carbonyl (C=O) groups is 1. The largest absolute Gasteiger partial charge is 0.386 e. The van der Waals surface area contributed by atoms with Crippen LogP contribution in [0.4, 0.5) is 0 Å². The molecule has 12 heavy (non-hydrogen) atoms. The van der Waals surface area contributed by atoms with E-state index < -0.39 is 0 Å². The van der Waals surface area contributed by atoms with Crippen LogP contribution in [-0.2, 0) is 4.79 Å². The lowest BCUT2D eigenvalue weighted by Crippen LogP contribution is -2.27. The average Bonchev–Trinajstić information content (AvgIpc) is 2.63. The van der Waals surface area contributed by atoms with Crippen LogP contribution in [0.2, 0.25) is 0 Å². The summed E-state index contributed by atoms with van der Waals surface area (Å²) < 4.78 is 0. The predicted molar refractivity (Wildman–Crippen MR) is 48.3 cm³/mol. The smallest absolute Gasteiger partial charge is 0.243 e. The van der Waals surface area contributed by atoms with Gasteiger partial charge in [0.1, 0.15) is 0 Å². The highest BCUT2D eigenvalue weighted by molar-refractivity contribution is 5.86. The molecule has 68 valence electrons. The first kappa shape index (κ1) is 9.10. The summed E-state index contributed by atoms with van der Waals surface area (Å²) in [6.07, 6.45) is 4.04. The van der Waals surface area contributed by atoms with Gasteiger partial charge in [0, 0.05) is 17.8 Å². The number of amides is 1. The van der Waals surface area contributed by atoms with Gasteiger partial charge in [-0.3, -0.25) is 4.79 Å². The Morgan fingerprint density at radius 1 is 1.67 bits per heavy atom. The molecule has 0 aromatic rings. The van der Waals surface area contributed by atoms with E-state index in [2.05, 4.69) is 12.2 Å². The molecule has 3 N–H and O–H groups in total. The van der Waals surface area contributed by atoms with Crippen molar-refractivity contribution < 1.29 is 4.79 Å². The molecule has 0 radical (unpaired) electrons. The van der Waals surface area contributed by atoms with Crippen molar-refractivity contribution in [1.82, 2.24) is 5.32 Å². The highest BCUT2D eigenvalue weighted by atomic mass is 16.1. The molecule has 1 fully saturated rings. The van der Waals surface area contributed by atoms with Gasteiger partial charge in [-0.05, 0) is 32.6 Å². The van der Waals surface area contributed by atoms with Crippen LogP contribution in [0.15, 0.2) is 11.8 Å². The second kappa shape index (κ2) is 3.61. The van der Waals surface area contributed by atoms with Gasteiger partial charge in [-0.15, -0.1) is 0 Å². The van der Waals surface area contributed by atoms with E-state index in [0.717, 1.165) is 11.6 Å². The van der Waals surface area contributed by atoms with Crippen molar-refractivity contribution in [3.05, 3.63) is 11.8 Å². The van der Waals surface area contributed by atoms with Crippen molar-refractivity contribution in [3.8, 4) is 0 Å². The highest BCUT2D eigenvalue weighted by Crippen LogP contribution is 2.32. The average molecular weight is 168 g/mol. The molecule has 1 saturated carbocycles. The van der Waals surface area contributed by atoms with Crippen LogP contribution in [0.25, 0.3) is 0 Å². The quantitative estimate of drug-likeness (QED) is 0.609. The summed E-state index contributed by atoms with van der Waals surface area (Å²) in [4.78, 5) is 10.5. The summed E-state index contributed by atoms with van der Waals surface area (Å²) in [5.41, 5.74) is 5.87. The molecule has 1 aliphatic rings. The van der Waals surface area contributed by atoms with Crippen LogP contribution in [0.1, 0.15) is 26.7 Å². The fourth-order valence-electron chi connectivity index (χ4n) is 1.33. The molecule has 1 amide bonds. The Hall–Kier alpha value is -0.990. The van der Waals surface area contributed by atoms with Gasteiger partial charge in [0.15, 0.2) is 0 Å². The SMILES string of the molecule is C/C(=C\C(N)=O)NC(C)C1CC1. The second-order valence-corrected chi connectivity index (χ2v) is 3.50. The number of primary amides is 1. The van der Waals surface area contributed by atoms with Crippen molar-refractivity contribution >= 4 is 5.91 Å². The van der Waals surface area contributed by atoms with Gasteiger partial charge >= 0.3 is 0 Å². The summed E-state index contributed by atoms with van der Waals surface area (Å²) in [5.74, 6) is 0.407. The van der Waals surface area contributed by atoms with E-state index in [4.69, 9.17) is 5.73 Å². The van der Waals surface area contributed by atoms with E-state index in [1.165, 1.54) is 18.9 Å². The molecular formula is C9H16N2O. The Labute approximate surface area is 73.0 Å². The molecular weight excluding hydrogens is 152 g/mol. The van der Waals surface area contributed by atoms with Gasteiger partial charge in [-0.25, -0.2) is 0 Å². The first-order valence-corrected chi connectivity index (χ1v) is 4.34. The number of nitrogens with two attached hydrogens (primary N) is 1. The van der Waals surface area contributed by atoms with E-state index in [1.807, 2.05) is 6.92 Å². The topological polar surface area (TPSA) is 55.1 Å². The van der Waals surface area contributed by atoms with Crippen LogP contribution < -0.4 is 11.1 Å². The Morgan fingerprint density at radius 2 is 2.25 bits per heavy atom. The van der Waals surface area contributed by atoms with Crippen LogP contribution in [0.3, 0.4) is 0 Å². The fourth-order valence-corrected chi connectivity index (χ4v) is 1.33. The normalized spacial score (nSPS) is 20.3. The molecule has 3 nitrogen and oxygen atoms in total. The third-order valence-corrected chi connectivity index (χ3v) is 2.14. The molecule has 0 aromatic heterocycles. The van der Waals surface area contributed by atoms with Gasteiger partial charge in [0.25, 0.3) is 0 Å². The molecule has 3 heteroatoms. The molecule has 0 spiro atoms. The van der Waals surface area contributed by atoms with Crippen molar-refractivity contribution in [2.75, 3.05) is 0 Å². The molecule has 1 atom stereocenters. The van der Waals surface area contributed by atoms with Gasteiger partial charge in [0.2, 0.25) is 5.91 Å². The molecule has 0 bridgehead atoms. The number of rotatable bonds is 4. The van der Waals surface area contributed by atoms with E-state index >= 15 is 0 Å². The Bertz CT molecular complexity index is 207. The Morgan fingerprint density at radius 3 is 2.67 bits per heavy atom. The molecule has 0 aromatic carbocycles. The van der Waals surface area contributed by atoms with E-state index in [9.17, 15) is 4.79 Å². The van der Waals surface area contributed by atoms with Crippen molar-refractivity contribution in [3.63, 3.8) is 0 Å². The van der Waals surface area contributed by atoms with Gasteiger partial charge in [0.05, 0.1) is 0 Å². The zero-order valence-electron chi connectivity index (χ0n) is 7.63. The lowest BCUT2D eigenvalue weighted by atomic mass is 10.2. The van der Waals surface area contributed by atoms with Crippen molar-refractivity contribution in [2.45, 2.75) is 32.7 Å². The van der Waals surface area contributed by atoms with Gasteiger partial charge in [-0.1, -0.05) is 0 Å². The van der Waals surface area contributed by atoms with Gasteiger partial charge in [-0.2, -0.15) is 0 Å². The van der Waals surface area contributed by atoms with Crippen LogP contribution >= 0.6 is 0 Å². The maximum absolute atomic E-state index is 10.5. The Kier molecular flexibility index (Phi) is 2.74. The highest BCUT2D eigenvalue weighted by Gasteiger charge is 2.27. The standard InChI is InChI=1S/C9H16N2O/c1-6(5-9(10)12)11-7(2)8-3-4-8/h5,7-8,11H,3-4H2,1-2H3,(H2,10,12)/b6-5+. The maximum atomic E-state index is 10.5. The third-order valence-electron chi connectivity index (χ3n) is 2.14. The van der Waals surface area contributed by atoms with Crippen molar-refractivity contribution in [1.29, 1.82) is 0 Å². The van der Waals surface area contributed by atoms with Crippen LogP contribution in [0.5, 0.6) is 0 Å². The number of carbonyl (C=O) groups excluding carboxylic acids is 1.